The first-order valence-corrected chi connectivity index (χ1v) is 9.42. The number of hydrogen-bond acceptors (Lipinski definition) is 7. The zero-order valence-electron chi connectivity index (χ0n) is 16.3. The highest BCUT2D eigenvalue weighted by atomic mass is 16.6. The number of carbonyl (C=O) groups excluding carboxylic acids is 2. The molecule has 0 fully saturated rings. The summed E-state index contributed by atoms with van der Waals surface area (Å²) in [6.07, 6.45) is 0. The molecule has 0 unspecified atom stereocenters. The molecule has 0 bridgehead atoms. The van der Waals surface area contributed by atoms with Gasteiger partial charge in [0.15, 0.2) is 19.1 Å². The van der Waals surface area contributed by atoms with Crippen molar-refractivity contribution >= 4 is 22.7 Å². The van der Waals surface area contributed by atoms with E-state index in [0.29, 0.717) is 27.8 Å². The van der Waals surface area contributed by atoms with Gasteiger partial charge < -0.3 is 9.47 Å². The van der Waals surface area contributed by atoms with E-state index in [2.05, 4.69) is 10.3 Å². The zero-order valence-corrected chi connectivity index (χ0v) is 16.3. The van der Waals surface area contributed by atoms with Crippen molar-refractivity contribution in [3.8, 4) is 5.75 Å². The molecule has 0 N–H and O–H groups in total. The second-order valence-electron chi connectivity index (χ2n) is 6.56. The van der Waals surface area contributed by atoms with Gasteiger partial charge in [0.2, 0.25) is 0 Å². The quantitative estimate of drug-likeness (QED) is 0.338. The lowest BCUT2D eigenvalue weighted by molar-refractivity contribution is -0.150. The molecule has 0 saturated carbocycles. The van der Waals surface area contributed by atoms with E-state index in [1.807, 2.05) is 6.07 Å². The van der Waals surface area contributed by atoms with Crippen molar-refractivity contribution in [2.24, 2.45) is 0 Å². The van der Waals surface area contributed by atoms with Gasteiger partial charge in [-0.25, -0.2) is 4.79 Å². The Morgan fingerprint density at radius 1 is 0.839 bits per heavy atom. The lowest BCUT2D eigenvalue weighted by Gasteiger charge is -2.08. The average molecular weight is 415 g/mol. The van der Waals surface area contributed by atoms with Crippen molar-refractivity contribution < 1.29 is 19.1 Å². The average Bonchev–Trinajstić information content (AvgIpc) is 2.83. The van der Waals surface area contributed by atoms with Crippen molar-refractivity contribution in [1.29, 1.82) is 0 Å². The predicted molar refractivity (Wildman–Crippen MR) is 112 cm³/mol. The van der Waals surface area contributed by atoms with Crippen molar-refractivity contribution in [1.82, 2.24) is 15.0 Å². The normalized spacial score (nSPS) is 10.6. The Hall–Kier alpha value is -4.33. The largest absolute Gasteiger partial charge is 0.482 e. The van der Waals surface area contributed by atoms with Crippen molar-refractivity contribution in [3.05, 3.63) is 100 Å². The minimum atomic E-state index is -0.675. The van der Waals surface area contributed by atoms with E-state index >= 15 is 0 Å². The van der Waals surface area contributed by atoms with Crippen LogP contribution in [0.3, 0.4) is 0 Å². The number of nitrogens with zero attached hydrogens (tertiary/aromatic N) is 3. The SMILES string of the molecule is O=C(COc1ccc(C(=O)c2ccccc2)cc1)OCn1nnc2ccccc2c1=O. The first-order valence-electron chi connectivity index (χ1n) is 9.42. The molecule has 0 saturated heterocycles. The summed E-state index contributed by atoms with van der Waals surface area (Å²) in [6.45, 7) is -0.731. The van der Waals surface area contributed by atoms with Crippen molar-refractivity contribution in [2.45, 2.75) is 6.73 Å². The van der Waals surface area contributed by atoms with Crippen molar-refractivity contribution in [2.75, 3.05) is 6.61 Å². The van der Waals surface area contributed by atoms with Crippen LogP contribution in [-0.4, -0.2) is 33.4 Å². The third kappa shape index (κ3) is 4.64. The molecule has 4 aromatic rings. The lowest BCUT2D eigenvalue weighted by Crippen LogP contribution is -2.27. The van der Waals surface area contributed by atoms with Gasteiger partial charge in [0.05, 0.1) is 5.39 Å². The summed E-state index contributed by atoms with van der Waals surface area (Å²) in [5.41, 5.74) is 1.16. The molecule has 0 radical (unpaired) electrons. The molecule has 4 rings (SSSR count). The number of rotatable bonds is 7. The maximum Gasteiger partial charge on any atom is 0.345 e. The smallest absolute Gasteiger partial charge is 0.345 e. The second-order valence-corrected chi connectivity index (χ2v) is 6.56. The summed E-state index contributed by atoms with van der Waals surface area (Å²) in [7, 11) is 0. The van der Waals surface area contributed by atoms with E-state index in [-0.39, 0.29) is 19.1 Å². The van der Waals surface area contributed by atoms with Gasteiger partial charge in [-0.05, 0) is 36.4 Å². The van der Waals surface area contributed by atoms with Crippen LogP contribution < -0.4 is 10.3 Å². The number of ether oxygens (including phenoxy) is 2. The van der Waals surface area contributed by atoms with Gasteiger partial charge in [-0.3, -0.25) is 9.59 Å². The van der Waals surface area contributed by atoms with Crippen LogP contribution in [0.5, 0.6) is 5.75 Å². The van der Waals surface area contributed by atoms with E-state index in [4.69, 9.17) is 9.47 Å². The zero-order chi connectivity index (χ0) is 21.6. The van der Waals surface area contributed by atoms with Gasteiger partial charge in [0.25, 0.3) is 5.56 Å². The Balaban J connectivity index is 1.31. The highest BCUT2D eigenvalue weighted by Crippen LogP contribution is 2.15. The Morgan fingerprint density at radius 2 is 1.52 bits per heavy atom. The second kappa shape index (κ2) is 9.00. The number of benzene rings is 3. The highest BCUT2D eigenvalue weighted by molar-refractivity contribution is 6.08. The van der Waals surface area contributed by atoms with Gasteiger partial charge in [0, 0.05) is 11.1 Å². The lowest BCUT2D eigenvalue weighted by atomic mass is 10.0. The molecule has 154 valence electrons. The van der Waals surface area contributed by atoms with Crippen LogP contribution in [0.15, 0.2) is 83.7 Å². The fourth-order valence-electron chi connectivity index (χ4n) is 2.88. The number of aromatic nitrogens is 3. The minimum Gasteiger partial charge on any atom is -0.482 e. The Morgan fingerprint density at radius 3 is 2.29 bits per heavy atom. The molecule has 1 heterocycles. The van der Waals surface area contributed by atoms with Gasteiger partial charge in [0.1, 0.15) is 11.3 Å². The predicted octanol–water partition coefficient (Wildman–Crippen LogP) is 2.60. The Labute approximate surface area is 176 Å². The van der Waals surface area contributed by atoms with E-state index in [0.717, 1.165) is 4.68 Å². The monoisotopic (exact) mass is 415 g/mol. The third-order valence-electron chi connectivity index (χ3n) is 4.49. The van der Waals surface area contributed by atoms with E-state index in [9.17, 15) is 14.4 Å². The molecular weight excluding hydrogens is 398 g/mol. The summed E-state index contributed by atoms with van der Waals surface area (Å²) in [4.78, 5) is 36.7. The van der Waals surface area contributed by atoms with E-state index in [1.165, 1.54) is 0 Å². The summed E-state index contributed by atoms with van der Waals surface area (Å²) in [5, 5.41) is 8.06. The Kier molecular flexibility index (Phi) is 5.79. The summed E-state index contributed by atoms with van der Waals surface area (Å²) in [5.74, 6) is -0.371. The van der Waals surface area contributed by atoms with Gasteiger partial charge in [-0.1, -0.05) is 47.7 Å². The maximum atomic E-state index is 12.4. The molecule has 0 amide bonds. The molecule has 1 aromatic heterocycles. The standard InChI is InChI=1S/C23H17N3O5/c27-21(31-15-26-23(29)19-8-4-5-9-20(19)24-25-26)14-30-18-12-10-17(11-13-18)22(28)16-6-2-1-3-7-16/h1-13H,14-15H2. The molecule has 0 aliphatic heterocycles. The summed E-state index contributed by atoms with van der Waals surface area (Å²) < 4.78 is 11.4. The number of hydrogen-bond donors (Lipinski definition) is 0. The molecule has 0 spiro atoms. The fraction of sp³-hybridized carbons (Fsp3) is 0.0870. The maximum absolute atomic E-state index is 12.4. The molecule has 0 atom stereocenters. The molecule has 31 heavy (non-hydrogen) atoms. The van der Waals surface area contributed by atoms with Crippen LogP contribution in [0, 0.1) is 0 Å². The van der Waals surface area contributed by atoms with Crippen LogP contribution >= 0.6 is 0 Å². The fourth-order valence-corrected chi connectivity index (χ4v) is 2.88. The van der Waals surface area contributed by atoms with E-state index < -0.39 is 11.5 Å². The number of fused-ring (bicyclic) bond motifs is 1. The molecule has 8 nitrogen and oxygen atoms in total. The highest BCUT2D eigenvalue weighted by Gasteiger charge is 2.11. The van der Waals surface area contributed by atoms with Crippen LogP contribution in [0.25, 0.3) is 10.9 Å². The topological polar surface area (TPSA) is 100 Å². The summed E-state index contributed by atoms with van der Waals surface area (Å²) in [6, 6.07) is 22.1. The van der Waals surface area contributed by atoms with Crippen LogP contribution in [-0.2, 0) is 16.3 Å². The number of esters is 1. The van der Waals surface area contributed by atoms with Crippen LogP contribution in [0.1, 0.15) is 15.9 Å². The van der Waals surface area contributed by atoms with Crippen LogP contribution in [0.4, 0.5) is 0 Å². The van der Waals surface area contributed by atoms with Crippen LogP contribution in [0.2, 0.25) is 0 Å². The first-order chi connectivity index (χ1) is 15.1. The van der Waals surface area contributed by atoms with Gasteiger partial charge >= 0.3 is 5.97 Å². The molecular formula is C23H17N3O5. The molecule has 3 aromatic carbocycles. The Bertz CT molecular complexity index is 1280. The minimum absolute atomic E-state index is 0.103. The molecule has 8 heteroatoms. The first kappa shape index (κ1) is 20.0. The van der Waals surface area contributed by atoms with Gasteiger partial charge in [-0.2, -0.15) is 4.68 Å². The van der Waals surface area contributed by atoms with E-state index in [1.54, 1.807) is 72.8 Å². The van der Waals surface area contributed by atoms with Gasteiger partial charge in [-0.15, -0.1) is 5.10 Å². The molecule has 0 aliphatic rings. The van der Waals surface area contributed by atoms with Crippen molar-refractivity contribution in [3.63, 3.8) is 0 Å². The summed E-state index contributed by atoms with van der Waals surface area (Å²) >= 11 is 0. The number of ketones is 1. The number of carbonyl (C=O) groups is 2. The molecule has 0 aliphatic carbocycles. The third-order valence-corrected chi connectivity index (χ3v) is 4.49.